The summed E-state index contributed by atoms with van der Waals surface area (Å²) in [6.07, 6.45) is 6.03. The van der Waals surface area contributed by atoms with Gasteiger partial charge in [-0.25, -0.2) is 0 Å². The Morgan fingerprint density at radius 3 is 2.61 bits per heavy atom. The number of thiocarbonyl (C=S) groups is 1. The molecule has 0 bridgehead atoms. The number of aliphatic hydroxyl groups excluding tert-OH is 1. The van der Waals surface area contributed by atoms with Crippen LogP contribution in [-0.2, 0) is 19.6 Å². The molecule has 0 saturated heterocycles. The fraction of sp³-hybridized carbons (Fsp3) is 0.227. The maximum absolute atomic E-state index is 13.3. The van der Waals surface area contributed by atoms with E-state index in [0.29, 0.717) is 22.7 Å². The van der Waals surface area contributed by atoms with Crippen molar-refractivity contribution in [3.05, 3.63) is 89.6 Å². The van der Waals surface area contributed by atoms with E-state index >= 15 is 0 Å². The van der Waals surface area contributed by atoms with E-state index in [1.165, 1.54) is 5.56 Å². The summed E-state index contributed by atoms with van der Waals surface area (Å²) in [5, 5.41) is 12.6. The minimum absolute atomic E-state index is 0.111. The number of ketones is 1. The van der Waals surface area contributed by atoms with Crippen LogP contribution in [0.25, 0.3) is 0 Å². The average Bonchev–Trinajstić information content (AvgIpc) is 3.26. The topological polar surface area (TPSA) is 66.4 Å². The number of benzene rings is 1. The van der Waals surface area contributed by atoms with Crippen LogP contribution in [0, 0.1) is 0 Å². The molecule has 0 fully saturated rings. The number of nitrogens with zero attached hydrogens (tertiary/aromatic N) is 1. The molecule has 3 aromatic rings. The van der Waals surface area contributed by atoms with Crippen molar-refractivity contribution in [1.29, 1.82) is 0 Å². The Hall–Kier alpha value is -2.83. The number of aryl methyl sites for hydroxylation is 1. The zero-order valence-corrected chi connectivity index (χ0v) is 16.5. The number of nitrogens with one attached hydrogen (secondary N) is 1. The molecule has 0 aliphatic heterocycles. The van der Waals surface area contributed by atoms with Crippen LogP contribution in [0.15, 0.2) is 71.6 Å². The maximum Gasteiger partial charge on any atom is 0.270 e. The van der Waals surface area contributed by atoms with Gasteiger partial charge in [0.1, 0.15) is 5.76 Å². The van der Waals surface area contributed by atoms with Gasteiger partial charge in [-0.3, -0.25) is 4.79 Å². The Bertz CT molecular complexity index is 937. The molecule has 2 heterocycles. The highest BCUT2D eigenvalue weighted by atomic mass is 32.1. The molecule has 0 aliphatic carbocycles. The second-order valence-corrected chi connectivity index (χ2v) is 6.87. The van der Waals surface area contributed by atoms with Crippen LogP contribution < -0.4 is 9.88 Å². The maximum atomic E-state index is 13.3. The van der Waals surface area contributed by atoms with Crippen LogP contribution >= 0.6 is 12.2 Å². The number of pyridine rings is 1. The van der Waals surface area contributed by atoms with Crippen molar-refractivity contribution in [2.45, 2.75) is 32.5 Å². The first kappa shape index (κ1) is 19.9. The van der Waals surface area contributed by atoms with Crippen molar-refractivity contribution in [3.8, 4) is 0 Å². The van der Waals surface area contributed by atoms with Crippen LogP contribution in [0.3, 0.4) is 0 Å². The quantitative estimate of drug-likeness (QED) is 0.348. The molecule has 2 aromatic heterocycles. The molecule has 0 radical (unpaired) electrons. The van der Waals surface area contributed by atoms with Crippen molar-refractivity contribution >= 4 is 23.0 Å². The van der Waals surface area contributed by atoms with Crippen molar-refractivity contribution in [2.75, 3.05) is 0 Å². The standard InChI is InChI=1S/C22H22N2O3S/c1-2-16-7-9-18(10-8-16)21(26)20(24-11-3-5-17(14-24)15-25)22(28)23-13-19-6-4-12-27-19/h3-12,14,20,25H,2,13,15H2,1H3/p+1/t20-/m1/s1. The molecule has 5 nitrogen and oxygen atoms in total. The zero-order valence-electron chi connectivity index (χ0n) is 15.7. The van der Waals surface area contributed by atoms with Gasteiger partial charge in [0.15, 0.2) is 17.4 Å². The predicted octanol–water partition coefficient (Wildman–Crippen LogP) is 3.16. The zero-order chi connectivity index (χ0) is 19.9. The van der Waals surface area contributed by atoms with Gasteiger partial charge in [-0.2, -0.15) is 4.57 Å². The number of hydrogen-bond donors (Lipinski definition) is 2. The molecule has 2 N–H and O–H groups in total. The Labute approximate surface area is 169 Å². The van der Waals surface area contributed by atoms with Gasteiger partial charge >= 0.3 is 0 Å². The third-order valence-corrected chi connectivity index (χ3v) is 4.89. The average molecular weight is 396 g/mol. The van der Waals surface area contributed by atoms with E-state index in [9.17, 15) is 9.90 Å². The van der Waals surface area contributed by atoms with E-state index in [2.05, 4.69) is 12.2 Å². The number of furan rings is 1. The summed E-state index contributed by atoms with van der Waals surface area (Å²) in [6.45, 7) is 2.35. The highest BCUT2D eigenvalue weighted by molar-refractivity contribution is 7.80. The minimum atomic E-state index is -0.719. The van der Waals surface area contributed by atoms with Crippen LogP contribution in [0.1, 0.15) is 40.2 Å². The molecule has 1 atom stereocenters. The number of aromatic nitrogens is 1. The largest absolute Gasteiger partial charge is 0.467 e. The number of hydrogen-bond acceptors (Lipinski definition) is 4. The molecule has 144 valence electrons. The number of Topliss-reactive ketones (excluding diaryl/α,β-unsaturated/α-hetero) is 1. The van der Waals surface area contributed by atoms with Gasteiger partial charge in [0.25, 0.3) is 6.04 Å². The van der Waals surface area contributed by atoms with Gasteiger partial charge in [-0.05, 0) is 30.2 Å². The summed E-state index contributed by atoms with van der Waals surface area (Å²) < 4.78 is 7.06. The lowest BCUT2D eigenvalue weighted by atomic mass is 10.0. The molecule has 0 unspecified atom stereocenters. The molecule has 0 aliphatic rings. The lowest BCUT2D eigenvalue weighted by Crippen LogP contribution is -2.51. The fourth-order valence-electron chi connectivity index (χ4n) is 2.93. The third kappa shape index (κ3) is 4.71. The molecule has 28 heavy (non-hydrogen) atoms. The summed E-state index contributed by atoms with van der Waals surface area (Å²) in [6, 6.07) is 14.1. The smallest absolute Gasteiger partial charge is 0.270 e. The van der Waals surface area contributed by atoms with E-state index in [1.54, 1.807) is 41.4 Å². The number of carbonyl (C=O) groups is 1. The highest BCUT2D eigenvalue weighted by Gasteiger charge is 2.33. The van der Waals surface area contributed by atoms with Gasteiger partial charge in [-0.1, -0.05) is 43.4 Å². The Morgan fingerprint density at radius 2 is 1.96 bits per heavy atom. The first-order valence-corrected chi connectivity index (χ1v) is 9.57. The third-order valence-electron chi connectivity index (χ3n) is 4.52. The Balaban J connectivity index is 1.90. The summed E-state index contributed by atoms with van der Waals surface area (Å²) in [5.41, 5.74) is 2.46. The van der Waals surface area contributed by atoms with Crippen molar-refractivity contribution in [2.24, 2.45) is 0 Å². The van der Waals surface area contributed by atoms with Gasteiger partial charge in [0, 0.05) is 17.2 Å². The molecule has 0 saturated carbocycles. The Kier molecular flexibility index (Phi) is 6.68. The first-order valence-electron chi connectivity index (χ1n) is 9.16. The summed E-state index contributed by atoms with van der Waals surface area (Å²) >= 11 is 5.58. The molecule has 6 heteroatoms. The molecule has 0 amide bonds. The number of carbonyl (C=O) groups excluding carboxylic acids is 1. The molecule has 0 spiro atoms. The van der Waals surface area contributed by atoms with Crippen molar-refractivity contribution in [3.63, 3.8) is 0 Å². The monoisotopic (exact) mass is 395 g/mol. The van der Waals surface area contributed by atoms with Crippen LogP contribution in [0.2, 0.25) is 0 Å². The number of rotatable bonds is 8. The summed E-state index contributed by atoms with van der Waals surface area (Å²) in [5.74, 6) is 0.620. The van der Waals surface area contributed by atoms with E-state index in [0.717, 1.165) is 12.2 Å². The SMILES string of the molecule is CCc1ccc(C(=O)[C@H](C(=S)NCc2ccco2)[n+]2cccc(CO)c2)cc1. The van der Waals surface area contributed by atoms with E-state index in [4.69, 9.17) is 16.6 Å². The van der Waals surface area contributed by atoms with E-state index < -0.39 is 6.04 Å². The normalized spacial score (nSPS) is 11.8. The minimum Gasteiger partial charge on any atom is -0.467 e. The van der Waals surface area contributed by atoms with Crippen LogP contribution in [0.5, 0.6) is 0 Å². The Morgan fingerprint density at radius 1 is 1.18 bits per heavy atom. The van der Waals surface area contributed by atoms with Gasteiger partial charge < -0.3 is 14.8 Å². The summed E-state index contributed by atoms with van der Waals surface area (Å²) in [4.78, 5) is 13.7. The number of aliphatic hydroxyl groups is 1. The second kappa shape index (κ2) is 9.39. The summed E-state index contributed by atoms with van der Waals surface area (Å²) in [7, 11) is 0. The lowest BCUT2D eigenvalue weighted by Gasteiger charge is -2.15. The van der Waals surface area contributed by atoms with E-state index in [-0.39, 0.29) is 12.4 Å². The molecular weight excluding hydrogens is 372 g/mol. The van der Waals surface area contributed by atoms with Gasteiger partial charge in [-0.15, -0.1) is 0 Å². The van der Waals surface area contributed by atoms with Gasteiger partial charge in [0.2, 0.25) is 5.78 Å². The van der Waals surface area contributed by atoms with Crippen molar-refractivity contribution in [1.82, 2.24) is 5.32 Å². The molecular formula is C22H23N2O3S+. The van der Waals surface area contributed by atoms with E-state index in [1.807, 2.05) is 30.3 Å². The molecule has 1 aromatic carbocycles. The highest BCUT2D eigenvalue weighted by Crippen LogP contribution is 2.14. The predicted molar refractivity (Wildman–Crippen MR) is 110 cm³/mol. The van der Waals surface area contributed by atoms with Crippen molar-refractivity contribution < 1.29 is 18.9 Å². The first-order chi connectivity index (χ1) is 13.6. The van der Waals surface area contributed by atoms with Crippen LogP contribution in [-0.4, -0.2) is 15.9 Å². The van der Waals surface area contributed by atoms with Gasteiger partial charge in [0.05, 0.1) is 19.4 Å². The second-order valence-electron chi connectivity index (χ2n) is 6.43. The fourth-order valence-corrected chi connectivity index (χ4v) is 3.24. The molecule has 3 rings (SSSR count). The lowest BCUT2D eigenvalue weighted by molar-refractivity contribution is -0.692. The van der Waals surface area contributed by atoms with Crippen LogP contribution in [0.4, 0.5) is 0 Å².